The number of hydrogen-bond donors (Lipinski definition) is 1. The summed E-state index contributed by atoms with van der Waals surface area (Å²) in [5.74, 6) is -1.23. The molecule has 4 rings (SSSR count). The molecule has 4 aromatic rings. The standard InChI is InChI=1S/C20H15F3N4S/c1-11-3-6-13(7-4-11)15-9-14(17-8-5-12(2)28-17)10-16(24-15)18-25-19(27-26-18)20(21,22)23/h3-10H,1-2H3,(H,25,26,27). The Morgan fingerprint density at radius 2 is 1.57 bits per heavy atom. The number of halogens is 3. The molecule has 0 aliphatic rings. The van der Waals surface area contributed by atoms with Crippen molar-refractivity contribution in [3.63, 3.8) is 0 Å². The Morgan fingerprint density at radius 3 is 2.18 bits per heavy atom. The number of benzene rings is 1. The number of pyridine rings is 1. The molecule has 0 saturated heterocycles. The lowest BCUT2D eigenvalue weighted by Gasteiger charge is -2.07. The second-order valence-corrected chi connectivity index (χ2v) is 7.70. The molecule has 3 aromatic heterocycles. The molecule has 8 heteroatoms. The van der Waals surface area contributed by atoms with Crippen molar-refractivity contribution in [3.05, 3.63) is 64.8 Å². The Kier molecular flexibility index (Phi) is 4.50. The Balaban J connectivity index is 1.86. The van der Waals surface area contributed by atoms with Gasteiger partial charge in [-0.25, -0.2) is 9.97 Å². The number of rotatable bonds is 3. The highest BCUT2D eigenvalue weighted by molar-refractivity contribution is 7.15. The van der Waals surface area contributed by atoms with Gasteiger partial charge in [0.2, 0.25) is 5.82 Å². The lowest BCUT2D eigenvalue weighted by molar-refractivity contribution is -0.144. The van der Waals surface area contributed by atoms with Gasteiger partial charge in [0.05, 0.1) is 5.69 Å². The van der Waals surface area contributed by atoms with Gasteiger partial charge in [0.25, 0.3) is 0 Å². The number of nitrogens with zero attached hydrogens (tertiary/aromatic N) is 3. The third-order valence-corrected chi connectivity index (χ3v) is 5.23. The summed E-state index contributed by atoms with van der Waals surface area (Å²) >= 11 is 1.60. The predicted octanol–water partition coefficient (Wildman–Crippen LogP) is 5.90. The quantitative estimate of drug-likeness (QED) is 0.466. The molecule has 1 N–H and O–H groups in total. The van der Waals surface area contributed by atoms with Crippen LogP contribution in [-0.4, -0.2) is 20.2 Å². The Hall–Kier alpha value is -3.00. The van der Waals surface area contributed by atoms with Crippen LogP contribution in [0.15, 0.2) is 48.5 Å². The van der Waals surface area contributed by atoms with Gasteiger partial charge in [-0.1, -0.05) is 29.8 Å². The summed E-state index contributed by atoms with van der Waals surface area (Å²) in [7, 11) is 0. The van der Waals surface area contributed by atoms with Crippen LogP contribution in [0.5, 0.6) is 0 Å². The summed E-state index contributed by atoms with van der Waals surface area (Å²) in [5, 5.41) is 5.68. The average Bonchev–Trinajstić information content (AvgIpc) is 3.31. The van der Waals surface area contributed by atoms with Gasteiger partial charge in [-0.15, -0.1) is 11.3 Å². The van der Waals surface area contributed by atoms with Gasteiger partial charge in [-0.05, 0) is 43.7 Å². The number of hydrogen-bond acceptors (Lipinski definition) is 4. The van der Waals surface area contributed by atoms with E-state index in [2.05, 4.69) is 15.1 Å². The summed E-state index contributed by atoms with van der Waals surface area (Å²) in [5.41, 5.74) is 3.77. The van der Waals surface area contributed by atoms with Crippen molar-refractivity contribution in [2.45, 2.75) is 20.0 Å². The van der Waals surface area contributed by atoms with E-state index in [1.54, 1.807) is 17.4 Å². The molecule has 0 atom stereocenters. The highest BCUT2D eigenvalue weighted by Crippen LogP contribution is 2.34. The first-order valence-electron chi connectivity index (χ1n) is 8.45. The lowest BCUT2D eigenvalue weighted by atomic mass is 10.1. The van der Waals surface area contributed by atoms with E-state index < -0.39 is 12.0 Å². The number of aromatic nitrogens is 4. The van der Waals surface area contributed by atoms with Gasteiger partial charge in [-0.2, -0.15) is 18.3 Å². The van der Waals surface area contributed by atoms with E-state index in [1.807, 2.05) is 61.4 Å². The highest BCUT2D eigenvalue weighted by Gasteiger charge is 2.35. The molecule has 3 heterocycles. The minimum absolute atomic E-state index is 0.0872. The first-order valence-corrected chi connectivity index (χ1v) is 9.27. The smallest absolute Gasteiger partial charge is 0.255 e. The summed E-state index contributed by atoms with van der Waals surface area (Å²) in [4.78, 5) is 10.3. The maximum Gasteiger partial charge on any atom is 0.451 e. The fourth-order valence-electron chi connectivity index (χ4n) is 2.75. The fourth-order valence-corrected chi connectivity index (χ4v) is 3.61. The average molecular weight is 400 g/mol. The van der Waals surface area contributed by atoms with E-state index in [0.29, 0.717) is 5.69 Å². The molecule has 0 aliphatic carbocycles. The molecule has 0 radical (unpaired) electrons. The normalized spacial score (nSPS) is 11.8. The van der Waals surface area contributed by atoms with Gasteiger partial charge >= 0.3 is 6.18 Å². The minimum atomic E-state index is -4.59. The second-order valence-electron chi connectivity index (χ2n) is 6.41. The number of nitrogens with one attached hydrogen (secondary N) is 1. The molecule has 1 aromatic carbocycles. The van der Waals surface area contributed by atoms with Crippen LogP contribution in [-0.2, 0) is 6.18 Å². The van der Waals surface area contributed by atoms with Crippen LogP contribution >= 0.6 is 11.3 Å². The molecule has 0 spiro atoms. The van der Waals surface area contributed by atoms with E-state index in [4.69, 9.17) is 0 Å². The molecule has 0 fully saturated rings. The second kappa shape index (κ2) is 6.87. The van der Waals surface area contributed by atoms with Gasteiger partial charge in [0.15, 0.2) is 5.82 Å². The van der Waals surface area contributed by atoms with Gasteiger partial charge in [0.1, 0.15) is 5.69 Å². The van der Waals surface area contributed by atoms with Crippen molar-refractivity contribution in [2.75, 3.05) is 0 Å². The largest absolute Gasteiger partial charge is 0.451 e. The zero-order chi connectivity index (χ0) is 19.9. The van der Waals surface area contributed by atoms with Crippen molar-refractivity contribution in [2.24, 2.45) is 0 Å². The van der Waals surface area contributed by atoms with Crippen molar-refractivity contribution in [1.29, 1.82) is 0 Å². The molecule has 0 amide bonds. The first kappa shape index (κ1) is 18.4. The Labute approximate surface area is 163 Å². The van der Waals surface area contributed by atoms with Gasteiger partial charge in [-0.3, -0.25) is 5.10 Å². The lowest BCUT2D eigenvalue weighted by Crippen LogP contribution is -2.07. The molecule has 4 nitrogen and oxygen atoms in total. The van der Waals surface area contributed by atoms with Crippen LogP contribution in [0.25, 0.3) is 33.2 Å². The molecule has 0 unspecified atom stereocenters. The number of alkyl halides is 3. The summed E-state index contributed by atoms with van der Waals surface area (Å²) in [6.07, 6.45) is -4.59. The van der Waals surface area contributed by atoms with Crippen LogP contribution in [0.2, 0.25) is 0 Å². The van der Waals surface area contributed by atoms with Crippen LogP contribution in [0.4, 0.5) is 13.2 Å². The topological polar surface area (TPSA) is 54.5 Å². The van der Waals surface area contributed by atoms with Gasteiger partial charge < -0.3 is 0 Å². The molecule has 0 saturated carbocycles. The van der Waals surface area contributed by atoms with Crippen molar-refractivity contribution in [3.8, 4) is 33.2 Å². The molecule has 28 heavy (non-hydrogen) atoms. The predicted molar refractivity (Wildman–Crippen MR) is 103 cm³/mol. The maximum atomic E-state index is 12.9. The number of aryl methyl sites for hydroxylation is 2. The zero-order valence-electron chi connectivity index (χ0n) is 15.0. The molecule has 0 aliphatic heterocycles. The van der Waals surface area contributed by atoms with Crippen LogP contribution in [0.3, 0.4) is 0 Å². The van der Waals surface area contributed by atoms with E-state index in [1.165, 1.54) is 0 Å². The van der Waals surface area contributed by atoms with Crippen LogP contribution < -0.4 is 0 Å². The summed E-state index contributed by atoms with van der Waals surface area (Å²) in [6.45, 7) is 3.99. The van der Waals surface area contributed by atoms with Crippen LogP contribution in [0.1, 0.15) is 16.3 Å². The Morgan fingerprint density at radius 1 is 0.857 bits per heavy atom. The third kappa shape index (κ3) is 3.68. The van der Waals surface area contributed by atoms with E-state index in [9.17, 15) is 13.2 Å². The van der Waals surface area contributed by atoms with Crippen LogP contribution in [0, 0.1) is 13.8 Å². The summed E-state index contributed by atoms with van der Waals surface area (Å²) in [6, 6.07) is 15.4. The minimum Gasteiger partial charge on any atom is -0.255 e. The number of aromatic amines is 1. The van der Waals surface area contributed by atoms with Crippen molar-refractivity contribution in [1.82, 2.24) is 20.2 Å². The molecular weight excluding hydrogens is 385 g/mol. The van der Waals surface area contributed by atoms with Crippen molar-refractivity contribution < 1.29 is 13.2 Å². The number of H-pyrrole nitrogens is 1. The van der Waals surface area contributed by atoms with E-state index >= 15 is 0 Å². The fraction of sp³-hybridized carbons (Fsp3) is 0.150. The van der Waals surface area contributed by atoms with E-state index in [-0.39, 0.29) is 11.5 Å². The number of thiophene rings is 1. The molecular formula is C20H15F3N4S. The van der Waals surface area contributed by atoms with Gasteiger partial charge in [0, 0.05) is 15.3 Å². The highest BCUT2D eigenvalue weighted by atomic mass is 32.1. The van der Waals surface area contributed by atoms with E-state index in [0.717, 1.165) is 26.4 Å². The maximum absolute atomic E-state index is 12.9. The Bertz CT molecular complexity index is 1130. The molecule has 0 bridgehead atoms. The molecule has 142 valence electrons. The summed E-state index contributed by atoms with van der Waals surface area (Å²) < 4.78 is 38.7. The first-order chi connectivity index (χ1) is 13.3. The monoisotopic (exact) mass is 400 g/mol. The SMILES string of the molecule is Cc1ccc(-c2cc(-c3ccc(C)s3)cc(-c3n[nH]c(C(F)(F)F)n3)n2)cc1. The van der Waals surface area contributed by atoms with Crippen molar-refractivity contribution >= 4 is 11.3 Å². The zero-order valence-corrected chi connectivity index (χ0v) is 15.8. The third-order valence-electron chi connectivity index (χ3n) is 4.18.